The average molecular weight is 601 g/mol. The molecule has 0 spiro atoms. The molecule has 1 N–H and O–H groups in total. The van der Waals surface area contributed by atoms with E-state index in [9.17, 15) is 37.5 Å². The highest BCUT2D eigenvalue weighted by atomic mass is 19.4. The molecule has 0 aliphatic carbocycles. The Bertz CT molecular complexity index is 1760. The fourth-order valence-electron chi connectivity index (χ4n) is 6.04. The Hall–Kier alpha value is -4.46. The van der Waals surface area contributed by atoms with Crippen LogP contribution in [0.5, 0.6) is 5.75 Å². The minimum atomic E-state index is -4.97. The zero-order chi connectivity index (χ0) is 30.8. The highest BCUT2D eigenvalue weighted by molar-refractivity contribution is 5.90. The van der Waals surface area contributed by atoms with E-state index in [0.717, 1.165) is 11.1 Å². The molecule has 5 heterocycles. The minimum Gasteiger partial charge on any atom is -0.458 e. The quantitative estimate of drug-likeness (QED) is 0.356. The number of pyridine rings is 2. The summed E-state index contributed by atoms with van der Waals surface area (Å²) in [6.07, 6.45) is -5.14. The van der Waals surface area contributed by atoms with Crippen LogP contribution in [-0.2, 0) is 39.5 Å². The van der Waals surface area contributed by atoms with Crippen molar-refractivity contribution < 1.29 is 42.1 Å². The molecule has 1 fully saturated rings. The first-order valence-corrected chi connectivity index (χ1v) is 13.8. The molecule has 3 aromatic rings. The number of aryl methyl sites for hydroxylation is 1. The van der Waals surface area contributed by atoms with Crippen molar-refractivity contribution in [3.8, 4) is 17.1 Å². The topological polar surface area (TPSA) is 131 Å². The fourth-order valence-corrected chi connectivity index (χ4v) is 6.04. The van der Waals surface area contributed by atoms with Crippen LogP contribution in [0.3, 0.4) is 0 Å². The van der Waals surface area contributed by atoms with Gasteiger partial charge in [0.25, 0.3) is 5.56 Å². The van der Waals surface area contributed by atoms with Crippen molar-refractivity contribution in [1.82, 2.24) is 19.4 Å². The predicted molar refractivity (Wildman–Crippen MR) is 144 cm³/mol. The van der Waals surface area contributed by atoms with Gasteiger partial charge in [0.2, 0.25) is 0 Å². The number of aliphatic hydroxyl groups is 1. The lowest BCUT2D eigenvalue weighted by molar-refractivity contribution is -0.186. The largest absolute Gasteiger partial charge is 0.471 e. The van der Waals surface area contributed by atoms with Crippen LogP contribution in [-0.4, -0.2) is 74.8 Å². The van der Waals surface area contributed by atoms with Crippen LogP contribution in [0.15, 0.2) is 29.1 Å². The zero-order valence-electron chi connectivity index (χ0n) is 23.3. The lowest BCUT2D eigenvalue weighted by Crippen LogP contribution is -2.54. The van der Waals surface area contributed by atoms with E-state index in [2.05, 4.69) is 0 Å². The van der Waals surface area contributed by atoms with E-state index >= 15 is 0 Å². The van der Waals surface area contributed by atoms with Crippen molar-refractivity contribution in [3.05, 3.63) is 56.9 Å². The van der Waals surface area contributed by atoms with Crippen LogP contribution in [0.4, 0.5) is 18.0 Å². The maximum absolute atomic E-state index is 13.5. The molecule has 0 bridgehead atoms. The summed E-state index contributed by atoms with van der Waals surface area (Å²) in [7, 11) is 0. The molecule has 6 rings (SSSR count). The van der Waals surface area contributed by atoms with Gasteiger partial charge in [0, 0.05) is 42.7 Å². The van der Waals surface area contributed by atoms with E-state index in [0.29, 0.717) is 33.6 Å². The lowest BCUT2D eigenvalue weighted by Gasteiger charge is -2.34. The molecular weight excluding hydrogens is 573 g/mol. The van der Waals surface area contributed by atoms with Gasteiger partial charge in [-0.2, -0.15) is 13.2 Å². The lowest BCUT2D eigenvalue weighted by atomic mass is 9.86. The third kappa shape index (κ3) is 4.51. The number of carbonyl (C=O) groups excluding carboxylic acids is 3. The second-order valence-electron chi connectivity index (χ2n) is 10.7. The molecule has 1 saturated heterocycles. The molecule has 0 saturated carbocycles. The number of ether oxygens (including phenoxy) is 2. The number of piperazine rings is 1. The summed E-state index contributed by atoms with van der Waals surface area (Å²) in [6, 6.07) is 6.50. The number of carbonyl (C=O) groups is 3. The van der Waals surface area contributed by atoms with Crippen molar-refractivity contribution in [1.29, 1.82) is 0 Å². The van der Waals surface area contributed by atoms with Crippen molar-refractivity contribution in [2.24, 2.45) is 0 Å². The van der Waals surface area contributed by atoms with Crippen molar-refractivity contribution >= 4 is 28.9 Å². The van der Waals surface area contributed by atoms with E-state index in [-0.39, 0.29) is 68.2 Å². The average Bonchev–Trinajstić information content (AvgIpc) is 3.35. The highest BCUT2D eigenvalue weighted by Crippen LogP contribution is 2.40. The van der Waals surface area contributed by atoms with E-state index in [4.69, 9.17) is 14.5 Å². The SMILES string of the molecule is CCc1c2c(nc3ccc(OC(=O)N4CCN(C(=O)C(F)(F)F)CC4)cc13)-c1cc3c(c(=O)n1C2)COC(=O)[C@]3(O)CC. The summed E-state index contributed by atoms with van der Waals surface area (Å²) >= 11 is 0. The number of esters is 1. The van der Waals surface area contributed by atoms with Gasteiger partial charge in [0.05, 0.1) is 29.0 Å². The molecule has 14 heteroatoms. The monoisotopic (exact) mass is 600 g/mol. The number of aromatic nitrogens is 2. The van der Waals surface area contributed by atoms with E-state index in [1.54, 1.807) is 35.8 Å². The summed E-state index contributed by atoms with van der Waals surface area (Å²) in [5.74, 6) is -2.53. The second kappa shape index (κ2) is 10.1. The summed E-state index contributed by atoms with van der Waals surface area (Å²) in [5.41, 5.74) is 1.40. The van der Waals surface area contributed by atoms with Crippen LogP contribution in [0.25, 0.3) is 22.3 Å². The molecule has 2 aromatic heterocycles. The summed E-state index contributed by atoms with van der Waals surface area (Å²) in [6.45, 7) is 2.82. The normalized spacial score (nSPS) is 19.5. The van der Waals surface area contributed by atoms with E-state index in [1.165, 1.54) is 4.90 Å². The number of alkyl halides is 3. The Kier molecular flexibility index (Phi) is 6.71. The van der Waals surface area contributed by atoms with Crippen LogP contribution in [0, 0.1) is 0 Å². The second-order valence-corrected chi connectivity index (χ2v) is 10.7. The number of cyclic esters (lactones) is 1. The molecule has 43 heavy (non-hydrogen) atoms. The van der Waals surface area contributed by atoms with Crippen molar-refractivity contribution in [2.45, 2.75) is 51.6 Å². The standard InChI is InChI=1S/C29H27F3N4O7/c1-3-16-17-11-15(43-27(40)35-9-7-34(8-10-35)25(38)29(30,31)32)5-6-21(17)33-23-18(16)13-36-22(23)12-20-19(24(36)37)14-42-26(39)28(20,41)4-2/h5-6,11-12,41H,3-4,7-10,13-14H2,1-2H3/t28-/m0/s1. The van der Waals surface area contributed by atoms with Gasteiger partial charge in [-0.25, -0.2) is 14.6 Å². The van der Waals surface area contributed by atoms with Crippen LogP contribution < -0.4 is 10.3 Å². The smallest absolute Gasteiger partial charge is 0.458 e. The van der Waals surface area contributed by atoms with Crippen molar-refractivity contribution in [2.75, 3.05) is 26.2 Å². The molecular formula is C29H27F3N4O7. The first-order chi connectivity index (χ1) is 20.4. The first-order valence-electron chi connectivity index (χ1n) is 13.8. The molecule has 3 aliphatic heterocycles. The van der Waals surface area contributed by atoms with Gasteiger partial charge in [0.1, 0.15) is 12.4 Å². The Balaban J connectivity index is 1.30. The van der Waals surface area contributed by atoms with Crippen LogP contribution >= 0.6 is 0 Å². The number of fused-ring (bicyclic) bond motifs is 5. The van der Waals surface area contributed by atoms with Crippen molar-refractivity contribution in [3.63, 3.8) is 0 Å². The number of rotatable bonds is 3. The highest BCUT2D eigenvalue weighted by Gasteiger charge is 2.46. The number of hydrogen-bond donors (Lipinski definition) is 1. The van der Waals surface area contributed by atoms with E-state index in [1.807, 2.05) is 6.92 Å². The maximum atomic E-state index is 13.5. The van der Waals surface area contributed by atoms with Crippen LogP contribution in [0.2, 0.25) is 0 Å². The van der Waals surface area contributed by atoms with Gasteiger partial charge in [0.15, 0.2) is 5.60 Å². The number of nitrogens with zero attached hydrogens (tertiary/aromatic N) is 4. The predicted octanol–water partition coefficient (Wildman–Crippen LogP) is 2.85. The third-order valence-electron chi connectivity index (χ3n) is 8.40. The van der Waals surface area contributed by atoms with Gasteiger partial charge in [-0.3, -0.25) is 9.59 Å². The number of benzene rings is 1. The Labute approximate surface area is 242 Å². The third-order valence-corrected chi connectivity index (χ3v) is 8.40. The number of hydrogen-bond acceptors (Lipinski definition) is 8. The Morgan fingerprint density at radius 3 is 2.42 bits per heavy atom. The molecule has 226 valence electrons. The summed E-state index contributed by atoms with van der Waals surface area (Å²) in [4.78, 5) is 56.9. The number of halogens is 3. The molecule has 1 atom stereocenters. The van der Waals surface area contributed by atoms with Gasteiger partial charge < -0.3 is 28.9 Å². The van der Waals surface area contributed by atoms with E-state index < -0.39 is 29.7 Å². The zero-order valence-corrected chi connectivity index (χ0v) is 23.3. The Morgan fingerprint density at radius 1 is 1.07 bits per heavy atom. The van der Waals surface area contributed by atoms with Gasteiger partial charge in [-0.05, 0) is 42.7 Å². The number of amides is 2. The Morgan fingerprint density at radius 2 is 1.77 bits per heavy atom. The molecule has 0 unspecified atom stereocenters. The fraction of sp³-hybridized carbons (Fsp3) is 0.414. The van der Waals surface area contributed by atoms with Gasteiger partial charge >= 0.3 is 24.1 Å². The maximum Gasteiger partial charge on any atom is 0.471 e. The molecule has 11 nitrogen and oxygen atoms in total. The summed E-state index contributed by atoms with van der Waals surface area (Å²) < 4.78 is 50.4. The van der Waals surface area contributed by atoms with Crippen LogP contribution in [0.1, 0.15) is 42.5 Å². The van der Waals surface area contributed by atoms with Gasteiger partial charge in [-0.15, -0.1) is 0 Å². The van der Waals surface area contributed by atoms with Gasteiger partial charge in [-0.1, -0.05) is 13.8 Å². The molecule has 0 radical (unpaired) electrons. The first kappa shape index (κ1) is 28.6. The summed E-state index contributed by atoms with van der Waals surface area (Å²) in [5, 5.41) is 11.8. The minimum absolute atomic E-state index is 0.0306. The molecule has 1 aromatic carbocycles. The molecule has 3 aliphatic rings. The molecule has 2 amide bonds.